The Labute approximate surface area is 123 Å². The van der Waals surface area contributed by atoms with Crippen LogP contribution in [0.5, 0.6) is 0 Å². The zero-order chi connectivity index (χ0) is 15.5. The molecule has 1 aromatic rings. The van der Waals surface area contributed by atoms with Crippen molar-refractivity contribution in [3.63, 3.8) is 0 Å². The Bertz CT molecular complexity index is 531. The Hall–Kier alpha value is -1.70. The van der Waals surface area contributed by atoms with E-state index in [1.807, 2.05) is 6.07 Å². The lowest BCUT2D eigenvalue weighted by Crippen LogP contribution is -2.35. The van der Waals surface area contributed by atoms with Crippen molar-refractivity contribution >= 4 is 5.69 Å². The van der Waals surface area contributed by atoms with Crippen molar-refractivity contribution in [1.82, 2.24) is 0 Å². The lowest BCUT2D eigenvalue weighted by molar-refractivity contribution is -0.137. The van der Waals surface area contributed by atoms with E-state index in [-0.39, 0.29) is 5.56 Å². The number of rotatable bonds is 2. The van der Waals surface area contributed by atoms with Gasteiger partial charge in [0.05, 0.1) is 16.8 Å². The van der Waals surface area contributed by atoms with E-state index in [1.165, 1.54) is 6.07 Å². The Morgan fingerprint density at radius 1 is 1.29 bits per heavy atom. The fraction of sp³-hybridized carbons (Fsp3) is 0.562. The van der Waals surface area contributed by atoms with Crippen molar-refractivity contribution in [2.24, 2.45) is 0 Å². The van der Waals surface area contributed by atoms with E-state index in [1.54, 1.807) is 0 Å². The van der Waals surface area contributed by atoms with Crippen LogP contribution < -0.4 is 4.90 Å². The molecule has 0 N–H and O–H groups in total. The number of hydrogen-bond donors (Lipinski definition) is 0. The average Bonchev–Trinajstić information content (AvgIpc) is 2.70. The standard InChI is InChI=1S/C16H19F3N2/c1-2-14-6-4-3-5-9-21(14)15-8-7-13(16(17,18)19)10-12(15)11-20/h7-8,10,14H,2-6,9H2,1H3. The third-order valence-corrected chi connectivity index (χ3v) is 4.10. The van der Waals surface area contributed by atoms with Gasteiger partial charge in [-0.05, 0) is 37.5 Å². The van der Waals surface area contributed by atoms with Crippen molar-refractivity contribution in [2.45, 2.75) is 51.2 Å². The van der Waals surface area contributed by atoms with E-state index in [4.69, 9.17) is 0 Å². The first-order chi connectivity index (χ1) is 9.97. The smallest absolute Gasteiger partial charge is 0.367 e. The van der Waals surface area contributed by atoms with Crippen LogP contribution >= 0.6 is 0 Å². The summed E-state index contributed by atoms with van der Waals surface area (Å²) in [5.74, 6) is 0. The zero-order valence-corrected chi connectivity index (χ0v) is 12.1. The molecule has 1 aromatic carbocycles. The first-order valence-corrected chi connectivity index (χ1v) is 7.35. The molecule has 1 atom stereocenters. The Morgan fingerprint density at radius 2 is 2.05 bits per heavy atom. The maximum atomic E-state index is 12.8. The van der Waals surface area contributed by atoms with Gasteiger partial charge < -0.3 is 4.90 Å². The number of halogens is 3. The highest BCUT2D eigenvalue weighted by Crippen LogP contribution is 2.34. The SMILES string of the molecule is CCC1CCCCCN1c1ccc(C(F)(F)F)cc1C#N. The molecule has 0 radical (unpaired) electrons. The maximum absolute atomic E-state index is 12.8. The summed E-state index contributed by atoms with van der Waals surface area (Å²) in [5.41, 5.74) is -0.00454. The number of nitriles is 1. The van der Waals surface area contributed by atoms with Crippen molar-refractivity contribution in [3.05, 3.63) is 29.3 Å². The Kier molecular flexibility index (Phi) is 4.76. The average molecular weight is 296 g/mol. The number of alkyl halides is 3. The molecule has 0 bridgehead atoms. The van der Waals surface area contributed by atoms with Crippen LogP contribution in [0, 0.1) is 11.3 Å². The molecule has 1 aliphatic rings. The minimum Gasteiger partial charge on any atom is -0.367 e. The first-order valence-electron chi connectivity index (χ1n) is 7.35. The molecular weight excluding hydrogens is 277 g/mol. The topological polar surface area (TPSA) is 27.0 Å². The zero-order valence-electron chi connectivity index (χ0n) is 12.1. The molecule has 114 valence electrons. The molecule has 0 spiro atoms. The van der Waals surface area contributed by atoms with Crippen LogP contribution in [0.4, 0.5) is 18.9 Å². The van der Waals surface area contributed by atoms with Gasteiger partial charge in [-0.2, -0.15) is 18.4 Å². The van der Waals surface area contributed by atoms with E-state index in [2.05, 4.69) is 11.8 Å². The lowest BCUT2D eigenvalue weighted by atomic mass is 10.0. The highest BCUT2D eigenvalue weighted by Gasteiger charge is 2.32. The Balaban J connectivity index is 2.40. The first kappa shape index (κ1) is 15.7. The van der Waals surface area contributed by atoms with Crippen LogP contribution in [-0.4, -0.2) is 12.6 Å². The summed E-state index contributed by atoms with van der Waals surface area (Å²) >= 11 is 0. The predicted octanol–water partition coefficient (Wildman–Crippen LogP) is 4.74. The van der Waals surface area contributed by atoms with Crippen LogP contribution in [0.15, 0.2) is 18.2 Å². The Morgan fingerprint density at radius 3 is 2.67 bits per heavy atom. The van der Waals surface area contributed by atoms with Crippen LogP contribution in [-0.2, 0) is 6.18 Å². The summed E-state index contributed by atoms with van der Waals surface area (Å²) in [5, 5.41) is 9.22. The molecule has 0 amide bonds. The second-order valence-electron chi connectivity index (χ2n) is 5.45. The third-order valence-electron chi connectivity index (χ3n) is 4.10. The summed E-state index contributed by atoms with van der Waals surface area (Å²) in [6, 6.07) is 5.73. The van der Waals surface area contributed by atoms with E-state index < -0.39 is 11.7 Å². The van der Waals surface area contributed by atoms with Crippen molar-refractivity contribution in [3.8, 4) is 6.07 Å². The van der Waals surface area contributed by atoms with Gasteiger partial charge in [0.15, 0.2) is 0 Å². The molecule has 1 heterocycles. The predicted molar refractivity (Wildman–Crippen MR) is 76.1 cm³/mol. The molecule has 0 saturated carbocycles. The second-order valence-corrected chi connectivity index (χ2v) is 5.45. The summed E-state index contributed by atoms with van der Waals surface area (Å²) in [7, 11) is 0. The van der Waals surface area contributed by atoms with Gasteiger partial charge >= 0.3 is 6.18 Å². The molecule has 1 fully saturated rings. The molecule has 0 aromatic heterocycles. The van der Waals surface area contributed by atoms with Gasteiger partial charge in [0.25, 0.3) is 0 Å². The van der Waals surface area contributed by atoms with Crippen LogP contribution in [0.1, 0.15) is 50.2 Å². The van der Waals surface area contributed by atoms with Crippen LogP contribution in [0.2, 0.25) is 0 Å². The number of nitrogens with zero attached hydrogens (tertiary/aromatic N) is 2. The minimum atomic E-state index is -4.41. The summed E-state index contributed by atoms with van der Waals surface area (Å²) in [6.07, 6.45) is 0.844. The van der Waals surface area contributed by atoms with Gasteiger partial charge in [0.2, 0.25) is 0 Å². The second kappa shape index (κ2) is 6.38. The van der Waals surface area contributed by atoms with Gasteiger partial charge in [-0.1, -0.05) is 19.8 Å². The summed E-state index contributed by atoms with van der Waals surface area (Å²) < 4.78 is 38.3. The van der Waals surface area contributed by atoms with Gasteiger partial charge in [-0.3, -0.25) is 0 Å². The fourth-order valence-electron chi connectivity index (χ4n) is 2.97. The quantitative estimate of drug-likeness (QED) is 0.788. The van der Waals surface area contributed by atoms with Crippen LogP contribution in [0.3, 0.4) is 0 Å². The lowest BCUT2D eigenvalue weighted by Gasteiger charge is -2.32. The molecule has 1 saturated heterocycles. The normalized spacial score (nSPS) is 20.0. The number of benzene rings is 1. The molecule has 2 nitrogen and oxygen atoms in total. The van der Waals surface area contributed by atoms with Crippen LogP contribution in [0.25, 0.3) is 0 Å². The highest BCUT2D eigenvalue weighted by atomic mass is 19.4. The molecule has 5 heteroatoms. The highest BCUT2D eigenvalue weighted by molar-refractivity contribution is 5.61. The molecule has 21 heavy (non-hydrogen) atoms. The monoisotopic (exact) mass is 296 g/mol. The largest absolute Gasteiger partial charge is 0.416 e. The van der Waals surface area contributed by atoms with E-state index in [0.717, 1.165) is 50.8 Å². The van der Waals surface area contributed by atoms with Crippen molar-refractivity contribution in [1.29, 1.82) is 5.26 Å². The van der Waals surface area contributed by atoms with Crippen molar-refractivity contribution in [2.75, 3.05) is 11.4 Å². The van der Waals surface area contributed by atoms with Gasteiger partial charge in [-0.15, -0.1) is 0 Å². The number of hydrogen-bond acceptors (Lipinski definition) is 2. The molecule has 1 unspecified atom stereocenters. The fourth-order valence-corrected chi connectivity index (χ4v) is 2.97. The van der Waals surface area contributed by atoms with Crippen molar-refractivity contribution < 1.29 is 13.2 Å². The maximum Gasteiger partial charge on any atom is 0.416 e. The summed E-state index contributed by atoms with van der Waals surface area (Å²) in [4.78, 5) is 2.12. The molecular formula is C16H19F3N2. The van der Waals surface area contributed by atoms with Gasteiger partial charge in [-0.25, -0.2) is 0 Å². The molecule has 2 rings (SSSR count). The summed E-state index contributed by atoms with van der Waals surface area (Å²) in [6.45, 7) is 2.89. The third kappa shape index (κ3) is 3.49. The van der Waals surface area contributed by atoms with E-state index >= 15 is 0 Å². The minimum absolute atomic E-state index is 0.116. The van der Waals surface area contributed by atoms with Gasteiger partial charge in [0.1, 0.15) is 6.07 Å². The van der Waals surface area contributed by atoms with E-state index in [9.17, 15) is 18.4 Å². The van der Waals surface area contributed by atoms with Gasteiger partial charge in [0, 0.05) is 12.6 Å². The number of anilines is 1. The molecule has 1 aliphatic heterocycles. The molecule has 0 aliphatic carbocycles. The van der Waals surface area contributed by atoms with E-state index in [0.29, 0.717) is 11.7 Å².